The lowest BCUT2D eigenvalue weighted by Crippen LogP contribution is -2.40. The Morgan fingerprint density at radius 1 is 0.688 bits per heavy atom. The van der Waals surface area contributed by atoms with Crippen molar-refractivity contribution in [2.45, 2.75) is 95.6 Å². The van der Waals surface area contributed by atoms with E-state index in [4.69, 9.17) is 4.98 Å². The van der Waals surface area contributed by atoms with Crippen molar-refractivity contribution in [2.75, 3.05) is 26.2 Å². The van der Waals surface area contributed by atoms with Crippen molar-refractivity contribution >= 4 is 11.8 Å². The second kappa shape index (κ2) is 18.6. The number of hydrogen-bond acceptors (Lipinski definition) is 6. The molecule has 0 bridgehead atoms. The number of nitrogens with zero attached hydrogens (tertiary/aromatic N) is 4. The molecule has 2 fully saturated rings. The van der Waals surface area contributed by atoms with Crippen LogP contribution in [-0.4, -0.2) is 73.9 Å². The van der Waals surface area contributed by atoms with Crippen molar-refractivity contribution in [2.24, 2.45) is 0 Å². The van der Waals surface area contributed by atoms with Crippen LogP contribution in [0, 0.1) is 0 Å². The van der Waals surface area contributed by atoms with Crippen LogP contribution in [0.2, 0.25) is 0 Å². The van der Waals surface area contributed by atoms with E-state index in [9.17, 15) is 22.8 Å². The molecule has 0 radical (unpaired) electrons. The summed E-state index contributed by atoms with van der Waals surface area (Å²) in [6.45, 7) is 6.39. The third-order valence-electron chi connectivity index (χ3n) is 13.0. The number of likely N-dealkylation sites (tertiary alicyclic amines) is 2. The van der Waals surface area contributed by atoms with E-state index in [0.717, 1.165) is 83.6 Å². The van der Waals surface area contributed by atoms with Crippen molar-refractivity contribution < 1.29 is 22.8 Å². The summed E-state index contributed by atoms with van der Waals surface area (Å²) < 4.78 is 42.1. The van der Waals surface area contributed by atoms with Gasteiger partial charge in [0.2, 0.25) is 11.8 Å². The fourth-order valence-corrected chi connectivity index (χ4v) is 9.99. The molecular weight excluding hydrogens is 814 g/mol. The van der Waals surface area contributed by atoms with Gasteiger partial charge in [0.15, 0.2) is 0 Å². The molecule has 13 heteroatoms. The zero-order valence-electron chi connectivity index (χ0n) is 36.3. The van der Waals surface area contributed by atoms with Gasteiger partial charge in [0.1, 0.15) is 23.7 Å². The molecule has 0 spiro atoms. The van der Waals surface area contributed by atoms with E-state index in [1.54, 1.807) is 4.90 Å². The smallest absolute Gasteiger partial charge is 0.344 e. The van der Waals surface area contributed by atoms with E-state index in [2.05, 4.69) is 43.8 Å². The van der Waals surface area contributed by atoms with Gasteiger partial charge in [-0.3, -0.25) is 9.59 Å². The largest absolute Gasteiger partial charge is 0.394 e. The highest BCUT2D eigenvalue weighted by molar-refractivity contribution is 5.85. The monoisotopic (exact) mass is 868 g/mol. The zero-order valence-corrected chi connectivity index (χ0v) is 36.3. The van der Waals surface area contributed by atoms with Crippen molar-refractivity contribution in [1.29, 1.82) is 0 Å². The van der Waals surface area contributed by atoms with Crippen LogP contribution in [0.15, 0.2) is 103 Å². The normalized spacial score (nSPS) is 18.4. The fraction of sp³-hybridized carbons (Fsp3) is 0.373. The number of aromatic nitrogens is 4. The molecule has 3 aliphatic rings. The molecule has 4 aromatic carbocycles. The number of carbonyl (C=O) groups is 2. The molecule has 2 aliphatic heterocycles. The number of aryl methyl sites for hydroxylation is 2. The number of halogens is 3. The van der Waals surface area contributed by atoms with Crippen LogP contribution in [0.3, 0.4) is 0 Å². The lowest BCUT2D eigenvalue weighted by atomic mass is 9.95. The maximum atomic E-state index is 14.1. The number of carbonyl (C=O) groups excluding carboxylic acids is 2. The van der Waals surface area contributed by atoms with Gasteiger partial charge in [-0.2, -0.15) is 13.2 Å². The Morgan fingerprint density at radius 2 is 1.23 bits per heavy atom. The summed E-state index contributed by atoms with van der Waals surface area (Å²) >= 11 is 0. The van der Waals surface area contributed by atoms with E-state index in [-0.39, 0.29) is 23.6 Å². The maximum absolute atomic E-state index is 14.1. The average Bonchev–Trinajstić information content (AvgIpc) is 4.13. The quantitative estimate of drug-likeness (QED) is 0.0918. The molecule has 332 valence electrons. The van der Waals surface area contributed by atoms with Crippen molar-refractivity contribution in [3.8, 4) is 33.6 Å². The summed E-state index contributed by atoms with van der Waals surface area (Å²) in [5.74, 6) is 1.14. The summed E-state index contributed by atoms with van der Waals surface area (Å²) in [5.41, 5.74) is 8.82. The summed E-state index contributed by atoms with van der Waals surface area (Å²) in [6.07, 6.45) is 0.0556. The van der Waals surface area contributed by atoms with E-state index >= 15 is 0 Å². The standard InChI is InChI=1S/C51H55F3N8O2/c1-3-55-44(33-14-7-5-8-15-33)49(63)61-28-12-20-41(61)47-57-39-19-11-18-37-30-36(26-27-38(37)46(39)60-47)32-22-24-35(25-23-32)43-40(31-51(52,53)54)58-48(59-43)42-21-13-29-62(42)50(64)45(56-4-2)34-16-9-6-10-17-34/h5-10,14-17,22-27,30,41-42,44-45,55-56H,3-4,11-13,18-21,28-29,31H2,1-2H3,(H,57,60)(H,58,59)/t41-,42-,44+,45+/m0/s1. The van der Waals surface area contributed by atoms with Gasteiger partial charge >= 0.3 is 6.18 Å². The number of likely N-dealkylation sites (N-methyl/N-ethyl adjacent to an activating group) is 2. The first-order chi connectivity index (χ1) is 31.1. The fourth-order valence-electron chi connectivity index (χ4n) is 9.99. The predicted octanol–water partition coefficient (Wildman–Crippen LogP) is 9.76. The lowest BCUT2D eigenvalue weighted by molar-refractivity contribution is -0.135. The predicted molar refractivity (Wildman–Crippen MR) is 242 cm³/mol. The van der Waals surface area contributed by atoms with Crippen LogP contribution in [-0.2, 0) is 28.9 Å². The number of hydrogen-bond donors (Lipinski definition) is 4. The van der Waals surface area contributed by atoms with Gasteiger partial charge < -0.3 is 30.4 Å². The molecule has 0 unspecified atom stereocenters. The number of alkyl halides is 3. The number of fused-ring (bicyclic) bond motifs is 3. The number of nitrogens with one attached hydrogen (secondary N) is 4. The third kappa shape index (κ3) is 8.88. The molecule has 64 heavy (non-hydrogen) atoms. The Kier molecular flexibility index (Phi) is 12.5. The van der Waals surface area contributed by atoms with Crippen LogP contribution in [0.1, 0.15) is 110 Å². The highest BCUT2D eigenvalue weighted by atomic mass is 19.4. The summed E-state index contributed by atoms with van der Waals surface area (Å²) in [4.78, 5) is 48.6. The van der Waals surface area contributed by atoms with Gasteiger partial charge in [0.25, 0.3) is 0 Å². The summed E-state index contributed by atoms with van der Waals surface area (Å²) in [6, 6.07) is 31.8. The molecule has 4 heterocycles. The Hall–Kier alpha value is -6.05. The van der Waals surface area contributed by atoms with Gasteiger partial charge in [-0.1, -0.05) is 117 Å². The minimum Gasteiger partial charge on any atom is -0.344 e. The highest BCUT2D eigenvalue weighted by Gasteiger charge is 2.39. The van der Waals surface area contributed by atoms with Crippen molar-refractivity contribution in [1.82, 2.24) is 40.4 Å². The molecule has 10 nitrogen and oxygen atoms in total. The molecule has 4 atom stereocenters. The Labute approximate surface area is 372 Å². The van der Waals surface area contributed by atoms with E-state index in [1.165, 1.54) is 5.56 Å². The second-order valence-electron chi connectivity index (χ2n) is 17.2. The van der Waals surface area contributed by atoms with Gasteiger partial charge in [-0.15, -0.1) is 0 Å². The molecule has 6 aromatic rings. The van der Waals surface area contributed by atoms with E-state index in [1.807, 2.05) is 104 Å². The first-order valence-corrected chi connectivity index (χ1v) is 22.8. The summed E-state index contributed by atoms with van der Waals surface area (Å²) in [5, 5.41) is 6.71. The number of amides is 2. The third-order valence-corrected chi connectivity index (χ3v) is 13.0. The van der Waals surface area contributed by atoms with Crippen LogP contribution in [0.25, 0.3) is 33.6 Å². The van der Waals surface area contributed by atoms with Crippen LogP contribution >= 0.6 is 0 Å². The molecule has 2 aromatic heterocycles. The lowest BCUT2D eigenvalue weighted by Gasteiger charge is -2.28. The molecule has 9 rings (SSSR count). The number of rotatable bonds is 13. The molecule has 2 saturated heterocycles. The first kappa shape index (κ1) is 43.2. The first-order valence-electron chi connectivity index (χ1n) is 22.8. The molecule has 0 saturated carbocycles. The Balaban J connectivity index is 0.958. The van der Waals surface area contributed by atoms with Gasteiger partial charge in [0, 0.05) is 24.3 Å². The minimum absolute atomic E-state index is 0.0625. The minimum atomic E-state index is -4.47. The zero-order chi connectivity index (χ0) is 44.4. The number of imidazole rings is 2. The maximum Gasteiger partial charge on any atom is 0.394 e. The Morgan fingerprint density at radius 3 is 1.80 bits per heavy atom. The SMILES string of the molecule is CCN[C@@H](C(=O)N1CCC[C@H]1c1nc2c([nH]1)CCCc1cc(-c3ccc(-c4[nH]c([C@@H]5CCCN5C(=O)[C@H](NCC)c5ccccc5)nc4CC(F)(F)F)cc3)ccc1-2)c1ccccc1. The molecule has 2 amide bonds. The topological polar surface area (TPSA) is 122 Å². The average molecular weight is 869 g/mol. The van der Waals surface area contributed by atoms with Crippen LogP contribution in [0.4, 0.5) is 13.2 Å². The second-order valence-corrected chi connectivity index (χ2v) is 17.2. The number of aromatic amines is 2. The number of benzene rings is 4. The Bertz CT molecular complexity index is 2570. The highest BCUT2D eigenvalue weighted by Crippen LogP contribution is 2.40. The molecule has 4 N–H and O–H groups in total. The van der Waals surface area contributed by atoms with Gasteiger partial charge in [-0.05, 0) is 91.4 Å². The van der Waals surface area contributed by atoms with Gasteiger partial charge in [0.05, 0.1) is 35.6 Å². The van der Waals surface area contributed by atoms with Crippen LogP contribution < -0.4 is 10.6 Å². The van der Waals surface area contributed by atoms with Gasteiger partial charge in [-0.25, -0.2) is 9.97 Å². The van der Waals surface area contributed by atoms with Crippen LogP contribution in [0.5, 0.6) is 0 Å². The van der Waals surface area contributed by atoms with Crippen molar-refractivity contribution in [3.63, 3.8) is 0 Å². The van der Waals surface area contributed by atoms with Crippen molar-refractivity contribution in [3.05, 3.63) is 143 Å². The molecule has 1 aliphatic carbocycles. The van der Waals surface area contributed by atoms with E-state index < -0.39 is 30.7 Å². The molecular formula is C51H55F3N8O2. The summed E-state index contributed by atoms with van der Waals surface area (Å²) in [7, 11) is 0. The van der Waals surface area contributed by atoms with E-state index in [0.29, 0.717) is 49.7 Å². The number of H-pyrrole nitrogens is 2.